The Bertz CT molecular complexity index is 410. The zero-order valence-corrected chi connectivity index (χ0v) is 11.1. The number of carbonyl (C=O) groups excluding carboxylic acids is 1. The van der Waals surface area contributed by atoms with Gasteiger partial charge in [-0.15, -0.1) is 0 Å². The predicted octanol–water partition coefficient (Wildman–Crippen LogP) is 3.37. The maximum atomic E-state index is 13.4. The Morgan fingerprint density at radius 3 is 2.72 bits per heavy atom. The molecule has 1 rings (SSSR count). The molecule has 1 aromatic carbocycles. The summed E-state index contributed by atoms with van der Waals surface area (Å²) in [6.07, 6.45) is -2.59. The van der Waals surface area contributed by atoms with Crippen molar-refractivity contribution in [1.82, 2.24) is 0 Å². The first-order valence-corrected chi connectivity index (χ1v) is 6.10. The SMILES string of the molecule is O=C(CCOCC(F)F)Cc1ccc(Br)cc1F. The molecule has 0 spiro atoms. The third kappa shape index (κ3) is 5.64. The number of halogens is 4. The van der Waals surface area contributed by atoms with Gasteiger partial charge < -0.3 is 4.74 Å². The van der Waals surface area contributed by atoms with Crippen LogP contribution >= 0.6 is 15.9 Å². The van der Waals surface area contributed by atoms with Crippen LogP contribution in [0.5, 0.6) is 0 Å². The molecule has 0 aromatic heterocycles. The molecular weight excluding hydrogens is 313 g/mol. The smallest absolute Gasteiger partial charge is 0.261 e. The van der Waals surface area contributed by atoms with Crippen molar-refractivity contribution < 1.29 is 22.7 Å². The van der Waals surface area contributed by atoms with E-state index in [1.54, 1.807) is 6.07 Å². The van der Waals surface area contributed by atoms with E-state index in [2.05, 4.69) is 20.7 Å². The quantitative estimate of drug-likeness (QED) is 0.719. The molecule has 2 nitrogen and oxygen atoms in total. The highest BCUT2D eigenvalue weighted by molar-refractivity contribution is 9.10. The molecule has 0 aliphatic rings. The molecule has 0 saturated heterocycles. The van der Waals surface area contributed by atoms with Crippen molar-refractivity contribution in [3.8, 4) is 0 Å². The van der Waals surface area contributed by atoms with Crippen LogP contribution in [-0.4, -0.2) is 25.4 Å². The molecule has 0 bridgehead atoms. The average Bonchev–Trinajstić information content (AvgIpc) is 2.28. The summed E-state index contributed by atoms with van der Waals surface area (Å²) in [4.78, 5) is 11.4. The topological polar surface area (TPSA) is 26.3 Å². The van der Waals surface area contributed by atoms with Crippen molar-refractivity contribution >= 4 is 21.7 Å². The summed E-state index contributed by atoms with van der Waals surface area (Å²) >= 11 is 3.11. The number of hydrogen-bond acceptors (Lipinski definition) is 2. The van der Waals surface area contributed by atoms with Gasteiger partial charge in [-0.25, -0.2) is 13.2 Å². The molecule has 6 heteroatoms. The Kier molecular flexibility index (Phi) is 6.35. The van der Waals surface area contributed by atoms with Crippen molar-refractivity contribution in [3.05, 3.63) is 34.1 Å². The van der Waals surface area contributed by atoms with E-state index < -0.39 is 18.8 Å². The van der Waals surface area contributed by atoms with Crippen LogP contribution in [0.4, 0.5) is 13.2 Å². The van der Waals surface area contributed by atoms with Crippen LogP contribution in [-0.2, 0) is 16.0 Å². The van der Waals surface area contributed by atoms with Gasteiger partial charge in [-0.3, -0.25) is 4.79 Å². The Labute approximate surface area is 111 Å². The van der Waals surface area contributed by atoms with E-state index in [1.165, 1.54) is 12.1 Å². The fourth-order valence-corrected chi connectivity index (χ4v) is 1.66. The van der Waals surface area contributed by atoms with Crippen molar-refractivity contribution in [2.45, 2.75) is 19.3 Å². The summed E-state index contributed by atoms with van der Waals surface area (Å²) in [7, 11) is 0. The molecule has 18 heavy (non-hydrogen) atoms. The molecular formula is C12H12BrF3O2. The zero-order valence-electron chi connectivity index (χ0n) is 9.47. The summed E-state index contributed by atoms with van der Waals surface area (Å²) in [6, 6.07) is 4.42. The van der Waals surface area contributed by atoms with E-state index in [0.717, 1.165) is 0 Å². The molecule has 0 saturated carbocycles. The minimum atomic E-state index is -2.54. The molecule has 0 radical (unpaired) electrons. The van der Waals surface area contributed by atoms with Gasteiger partial charge in [-0.05, 0) is 17.7 Å². The average molecular weight is 325 g/mol. The number of benzene rings is 1. The summed E-state index contributed by atoms with van der Waals surface area (Å²) in [5.41, 5.74) is 0.289. The normalized spacial score (nSPS) is 10.9. The first kappa shape index (κ1) is 15.2. The van der Waals surface area contributed by atoms with E-state index in [-0.39, 0.29) is 30.8 Å². The lowest BCUT2D eigenvalue weighted by molar-refractivity contribution is -0.119. The first-order chi connectivity index (χ1) is 8.49. The highest BCUT2D eigenvalue weighted by atomic mass is 79.9. The maximum Gasteiger partial charge on any atom is 0.261 e. The summed E-state index contributed by atoms with van der Waals surface area (Å²) in [6.45, 7) is -0.749. The number of alkyl halides is 2. The number of carbonyl (C=O) groups is 1. The molecule has 0 N–H and O–H groups in total. The van der Waals surface area contributed by atoms with Crippen molar-refractivity contribution in [2.24, 2.45) is 0 Å². The lowest BCUT2D eigenvalue weighted by Gasteiger charge is -2.04. The van der Waals surface area contributed by atoms with Crippen LogP contribution in [0.25, 0.3) is 0 Å². The second-order valence-corrected chi connectivity index (χ2v) is 4.58. The van der Waals surface area contributed by atoms with Gasteiger partial charge in [0.05, 0.1) is 6.61 Å². The van der Waals surface area contributed by atoms with E-state index in [4.69, 9.17) is 0 Å². The molecule has 0 aliphatic carbocycles. The van der Waals surface area contributed by atoms with Crippen LogP contribution in [0, 0.1) is 5.82 Å². The van der Waals surface area contributed by atoms with Gasteiger partial charge in [0.25, 0.3) is 6.43 Å². The lowest BCUT2D eigenvalue weighted by Crippen LogP contribution is -2.11. The van der Waals surface area contributed by atoms with Gasteiger partial charge in [-0.2, -0.15) is 0 Å². The van der Waals surface area contributed by atoms with Gasteiger partial charge in [0.15, 0.2) is 0 Å². The third-order valence-electron chi connectivity index (χ3n) is 2.17. The molecule has 0 unspecified atom stereocenters. The predicted molar refractivity (Wildman–Crippen MR) is 64.3 cm³/mol. The largest absolute Gasteiger partial charge is 0.375 e. The van der Waals surface area contributed by atoms with Crippen LogP contribution in [0.15, 0.2) is 22.7 Å². The molecule has 0 heterocycles. The van der Waals surface area contributed by atoms with Crippen molar-refractivity contribution in [1.29, 1.82) is 0 Å². The molecule has 0 amide bonds. The fraction of sp³-hybridized carbons (Fsp3) is 0.417. The van der Waals surface area contributed by atoms with Crippen LogP contribution < -0.4 is 0 Å². The Morgan fingerprint density at radius 1 is 1.39 bits per heavy atom. The lowest BCUT2D eigenvalue weighted by atomic mass is 10.1. The number of hydrogen-bond donors (Lipinski definition) is 0. The summed E-state index contributed by atoms with van der Waals surface area (Å²) in [5.74, 6) is -0.711. The van der Waals surface area contributed by atoms with Crippen LogP contribution in [0.3, 0.4) is 0 Å². The summed E-state index contributed by atoms with van der Waals surface area (Å²) in [5, 5.41) is 0. The molecule has 100 valence electrons. The van der Waals surface area contributed by atoms with Crippen molar-refractivity contribution in [3.63, 3.8) is 0 Å². The van der Waals surface area contributed by atoms with E-state index in [0.29, 0.717) is 4.47 Å². The number of ether oxygens (including phenoxy) is 1. The Hall–Kier alpha value is -0.880. The number of rotatable bonds is 7. The highest BCUT2D eigenvalue weighted by Crippen LogP contribution is 2.16. The van der Waals surface area contributed by atoms with Crippen LogP contribution in [0.1, 0.15) is 12.0 Å². The van der Waals surface area contributed by atoms with Crippen LogP contribution in [0.2, 0.25) is 0 Å². The number of ketones is 1. The van der Waals surface area contributed by atoms with Gasteiger partial charge in [0.1, 0.15) is 18.2 Å². The first-order valence-electron chi connectivity index (χ1n) is 5.30. The van der Waals surface area contributed by atoms with Gasteiger partial charge in [0, 0.05) is 17.3 Å². The van der Waals surface area contributed by atoms with Crippen molar-refractivity contribution in [2.75, 3.05) is 13.2 Å². The highest BCUT2D eigenvalue weighted by Gasteiger charge is 2.09. The number of Topliss-reactive ketones (excluding diaryl/α,β-unsaturated/α-hetero) is 1. The van der Waals surface area contributed by atoms with E-state index in [9.17, 15) is 18.0 Å². The van der Waals surface area contributed by atoms with E-state index >= 15 is 0 Å². The van der Waals surface area contributed by atoms with Gasteiger partial charge in [-0.1, -0.05) is 22.0 Å². The standard InChI is InChI=1S/C12H12BrF3O2/c13-9-2-1-8(11(14)6-9)5-10(17)3-4-18-7-12(15)16/h1-2,6,12H,3-5,7H2. The third-order valence-corrected chi connectivity index (χ3v) is 2.67. The molecule has 0 atom stereocenters. The maximum absolute atomic E-state index is 13.4. The van der Waals surface area contributed by atoms with Gasteiger partial charge >= 0.3 is 0 Å². The van der Waals surface area contributed by atoms with E-state index in [1.807, 2.05) is 0 Å². The molecule has 0 aliphatic heterocycles. The minimum absolute atomic E-state index is 0.00221. The minimum Gasteiger partial charge on any atom is -0.375 e. The second kappa shape index (κ2) is 7.53. The molecule has 0 fully saturated rings. The monoisotopic (exact) mass is 324 g/mol. The Morgan fingerprint density at radius 2 is 2.11 bits per heavy atom. The Balaban J connectivity index is 2.35. The second-order valence-electron chi connectivity index (χ2n) is 3.67. The summed E-state index contributed by atoms with van der Waals surface area (Å²) < 4.78 is 42.0. The zero-order chi connectivity index (χ0) is 13.5. The van der Waals surface area contributed by atoms with Gasteiger partial charge in [0.2, 0.25) is 0 Å². The fourth-order valence-electron chi connectivity index (χ4n) is 1.32. The molecule has 1 aromatic rings.